The monoisotopic (exact) mass is 353 g/mol. The molecule has 0 bridgehead atoms. The number of likely N-dealkylation sites (tertiary alicyclic amines) is 1. The van der Waals surface area contributed by atoms with Crippen LogP contribution in [-0.4, -0.2) is 34.3 Å². The first-order valence-electron chi connectivity index (χ1n) is 9.12. The van der Waals surface area contributed by atoms with Gasteiger partial charge in [-0.25, -0.2) is 9.18 Å². The molecule has 1 aliphatic heterocycles. The number of hydrogen-bond donors (Lipinski definition) is 1. The number of carbonyl (C=O) groups excluding carboxylic acids is 1. The summed E-state index contributed by atoms with van der Waals surface area (Å²) in [4.78, 5) is 13.9. The van der Waals surface area contributed by atoms with Crippen LogP contribution in [0.25, 0.3) is 0 Å². The minimum Gasteiger partial charge on any atom is -0.444 e. The van der Waals surface area contributed by atoms with Crippen LogP contribution < -0.4 is 0 Å². The minimum absolute atomic E-state index is 0.384. The molecule has 1 fully saturated rings. The molecule has 2 rings (SSSR count). The number of rotatable bonds is 2. The largest absolute Gasteiger partial charge is 0.444 e. The average Bonchev–Trinajstić information content (AvgIpc) is 2.53. The molecule has 1 heterocycles. The Morgan fingerprint density at radius 1 is 1.36 bits per heavy atom. The molecule has 1 aromatic carbocycles. The molecule has 2 unspecified atom stereocenters. The van der Waals surface area contributed by atoms with Crippen molar-refractivity contribution in [1.82, 2.24) is 4.90 Å². The fourth-order valence-electron chi connectivity index (χ4n) is 2.75. The van der Waals surface area contributed by atoms with Crippen molar-refractivity contribution in [1.29, 1.82) is 0 Å². The standard InChI is InChI=1S/C17H24FNO3.C3H8/c1-17(2,3)22-16(21)19-10-5-4-9-14(19)15(20)12-7-6-8-13(18)11-12;1-3-2/h6-8,11,14-15,20H,4-5,9-10H2,1-3H3;3H2,1-2H3. The Balaban J connectivity index is 0.000000970. The fraction of sp³-hybridized carbons (Fsp3) is 0.650. The van der Waals surface area contributed by atoms with Crippen molar-refractivity contribution in [2.45, 2.75) is 78.0 Å². The highest BCUT2D eigenvalue weighted by molar-refractivity contribution is 5.68. The van der Waals surface area contributed by atoms with Crippen LogP contribution in [0.2, 0.25) is 0 Å². The third kappa shape index (κ3) is 7.02. The summed E-state index contributed by atoms with van der Waals surface area (Å²) in [6.07, 6.45) is 2.40. The lowest BCUT2D eigenvalue weighted by Crippen LogP contribution is -2.48. The molecule has 1 aliphatic rings. The Morgan fingerprint density at radius 2 is 2.00 bits per heavy atom. The van der Waals surface area contributed by atoms with Crippen molar-refractivity contribution < 1.29 is 19.0 Å². The Bertz CT molecular complexity index is 542. The molecule has 4 nitrogen and oxygen atoms in total. The number of hydrogen-bond acceptors (Lipinski definition) is 3. The molecule has 1 saturated heterocycles. The van der Waals surface area contributed by atoms with E-state index < -0.39 is 23.6 Å². The van der Waals surface area contributed by atoms with Gasteiger partial charge in [-0.3, -0.25) is 0 Å². The van der Waals surface area contributed by atoms with Crippen molar-refractivity contribution in [3.8, 4) is 0 Å². The van der Waals surface area contributed by atoms with Gasteiger partial charge in [0.05, 0.1) is 12.1 Å². The molecular formula is C20H32FNO3. The van der Waals surface area contributed by atoms with Crippen LogP contribution in [0.3, 0.4) is 0 Å². The molecule has 1 aromatic rings. The zero-order valence-electron chi connectivity index (χ0n) is 16.1. The zero-order valence-corrected chi connectivity index (χ0v) is 16.1. The van der Waals surface area contributed by atoms with Gasteiger partial charge in [-0.05, 0) is 57.7 Å². The number of amides is 1. The summed E-state index contributed by atoms with van der Waals surface area (Å²) < 4.78 is 18.8. The Kier molecular flexibility index (Phi) is 8.36. The maximum Gasteiger partial charge on any atom is 0.410 e. The number of piperidine rings is 1. The van der Waals surface area contributed by atoms with Crippen LogP contribution >= 0.6 is 0 Å². The van der Waals surface area contributed by atoms with E-state index in [2.05, 4.69) is 13.8 Å². The third-order valence-electron chi connectivity index (χ3n) is 3.73. The van der Waals surface area contributed by atoms with E-state index in [9.17, 15) is 14.3 Å². The van der Waals surface area contributed by atoms with Crippen LogP contribution in [0.15, 0.2) is 24.3 Å². The van der Waals surface area contributed by atoms with Crippen LogP contribution in [0.1, 0.15) is 72.0 Å². The van der Waals surface area contributed by atoms with Crippen molar-refractivity contribution in [2.24, 2.45) is 0 Å². The lowest BCUT2D eigenvalue weighted by molar-refractivity contribution is -0.0169. The predicted octanol–water partition coefficient (Wildman–Crippen LogP) is 5.07. The normalized spacial score (nSPS) is 18.8. The van der Waals surface area contributed by atoms with E-state index in [1.165, 1.54) is 18.6 Å². The van der Waals surface area contributed by atoms with Crippen LogP contribution in [0.5, 0.6) is 0 Å². The van der Waals surface area contributed by atoms with Crippen LogP contribution in [0.4, 0.5) is 9.18 Å². The van der Waals surface area contributed by atoms with Gasteiger partial charge in [-0.15, -0.1) is 0 Å². The van der Waals surface area contributed by atoms with Gasteiger partial charge < -0.3 is 14.7 Å². The summed E-state index contributed by atoms with van der Waals surface area (Å²) in [5, 5.41) is 10.6. The molecule has 0 aliphatic carbocycles. The van der Waals surface area contributed by atoms with Crippen molar-refractivity contribution in [3.63, 3.8) is 0 Å². The molecule has 142 valence electrons. The van der Waals surface area contributed by atoms with E-state index in [1.807, 2.05) is 20.8 Å². The SMILES string of the molecule is CC(C)(C)OC(=O)N1CCCCC1C(O)c1cccc(F)c1.CCC. The molecule has 0 spiro atoms. The van der Waals surface area contributed by atoms with Gasteiger partial charge >= 0.3 is 6.09 Å². The number of ether oxygens (including phenoxy) is 1. The van der Waals surface area contributed by atoms with E-state index >= 15 is 0 Å². The topological polar surface area (TPSA) is 49.8 Å². The maximum atomic E-state index is 13.4. The first-order valence-corrected chi connectivity index (χ1v) is 9.12. The third-order valence-corrected chi connectivity index (χ3v) is 3.73. The highest BCUT2D eigenvalue weighted by atomic mass is 19.1. The molecule has 0 aromatic heterocycles. The molecule has 1 N–H and O–H groups in total. The highest BCUT2D eigenvalue weighted by Crippen LogP contribution is 2.30. The Labute approximate surface area is 151 Å². The summed E-state index contributed by atoms with van der Waals surface area (Å²) in [5.41, 5.74) is -0.0939. The maximum absolute atomic E-state index is 13.4. The van der Waals surface area contributed by atoms with Gasteiger partial charge in [0.15, 0.2) is 0 Å². The number of carbonyl (C=O) groups is 1. The number of benzene rings is 1. The second-order valence-electron chi connectivity index (χ2n) is 7.44. The minimum atomic E-state index is -0.913. The Morgan fingerprint density at radius 3 is 2.56 bits per heavy atom. The molecule has 2 atom stereocenters. The first kappa shape index (κ1) is 21.4. The quantitative estimate of drug-likeness (QED) is 0.808. The second-order valence-corrected chi connectivity index (χ2v) is 7.44. The molecule has 0 radical (unpaired) electrons. The zero-order chi connectivity index (χ0) is 19.0. The summed E-state index contributed by atoms with van der Waals surface area (Å²) >= 11 is 0. The predicted molar refractivity (Wildman–Crippen MR) is 97.9 cm³/mol. The van der Waals surface area contributed by atoms with Crippen LogP contribution in [-0.2, 0) is 4.74 Å². The summed E-state index contributed by atoms with van der Waals surface area (Å²) in [6.45, 7) is 10.2. The molecule has 0 saturated carbocycles. The lowest BCUT2D eigenvalue weighted by Gasteiger charge is -2.39. The van der Waals surface area contributed by atoms with Gasteiger partial charge in [0.25, 0.3) is 0 Å². The van der Waals surface area contributed by atoms with Crippen molar-refractivity contribution >= 4 is 6.09 Å². The number of aliphatic hydroxyl groups is 1. The molecular weight excluding hydrogens is 321 g/mol. The van der Waals surface area contributed by atoms with Gasteiger partial charge in [0.2, 0.25) is 0 Å². The average molecular weight is 353 g/mol. The van der Waals surface area contributed by atoms with Crippen molar-refractivity contribution in [3.05, 3.63) is 35.6 Å². The first-order chi connectivity index (χ1) is 11.7. The smallest absolute Gasteiger partial charge is 0.410 e. The van der Waals surface area contributed by atoms with Crippen molar-refractivity contribution in [2.75, 3.05) is 6.54 Å². The van der Waals surface area contributed by atoms with E-state index in [0.29, 0.717) is 18.5 Å². The van der Waals surface area contributed by atoms with Gasteiger partial charge in [0, 0.05) is 6.54 Å². The molecule has 5 heteroatoms. The summed E-state index contributed by atoms with van der Waals surface area (Å²) in [5.74, 6) is -0.392. The van der Waals surface area contributed by atoms with Gasteiger partial charge in [-0.1, -0.05) is 32.4 Å². The van der Waals surface area contributed by atoms with E-state index in [4.69, 9.17) is 4.74 Å². The van der Waals surface area contributed by atoms with E-state index in [1.54, 1.807) is 17.0 Å². The summed E-state index contributed by atoms with van der Waals surface area (Å²) in [7, 11) is 0. The van der Waals surface area contributed by atoms with E-state index in [-0.39, 0.29) is 6.04 Å². The number of aliphatic hydroxyl groups excluding tert-OH is 1. The van der Waals surface area contributed by atoms with Gasteiger partial charge in [-0.2, -0.15) is 0 Å². The van der Waals surface area contributed by atoms with Gasteiger partial charge in [0.1, 0.15) is 11.4 Å². The van der Waals surface area contributed by atoms with Crippen LogP contribution in [0, 0.1) is 5.82 Å². The Hall–Kier alpha value is -1.62. The fourth-order valence-corrected chi connectivity index (χ4v) is 2.75. The molecule has 1 amide bonds. The highest BCUT2D eigenvalue weighted by Gasteiger charge is 2.35. The second kappa shape index (κ2) is 9.76. The molecule has 25 heavy (non-hydrogen) atoms. The number of nitrogens with zero attached hydrogens (tertiary/aromatic N) is 1. The number of halogens is 1. The van der Waals surface area contributed by atoms with E-state index in [0.717, 1.165) is 12.8 Å². The summed E-state index contributed by atoms with van der Waals surface area (Å²) in [6, 6.07) is 5.50. The lowest BCUT2D eigenvalue weighted by atomic mass is 9.93.